The van der Waals surface area contributed by atoms with Gasteiger partial charge in [-0.25, -0.2) is 0 Å². The summed E-state index contributed by atoms with van der Waals surface area (Å²) in [6.07, 6.45) is 5.69. The van der Waals surface area contributed by atoms with Gasteiger partial charge in [-0.15, -0.1) is 11.3 Å². The Labute approximate surface area is 126 Å². The average molecular weight is 291 g/mol. The van der Waals surface area contributed by atoms with Gasteiger partial charge in [0.1, 0.15) is 0 Å². The average Bonchev–Trinajstić information content (AvgIpc) is 2.78. The number of aryl methyl sites for hydroxylation is 2. The fraction of sp³-hybridized carbons (Fsp3) is 0.706. The summed E-state index contributed by atoms with van der Waals surface area (Å²) in [6.45, 7) is 6.33. The van der Waals surface area contributed by atoms with Gasteiger partial charge in [0.2, 0.25) is 0 Å². The minimum atomic E-state index is -0.625. The van der Waals surface area contributed by atoms with Gasteiger partial charge in [-0.3, -0.25) is 0 Å². The van der Waals surface area contributed by atoms with Gasteiger partial charge in [-0.1, -0.05) is 19.8 Å². The first kappa shape index (κ1) is 15.5. The Morgan fingerprint density at radius 1 is 1.45 bits per heavy atom. The molecule has 1 heterocycles. The smallest absolute Gasteiger partial charge is 0.0987 e. The molecular formula is C17H25NOS. The first-order valence-corrected chi connectivity index (χ1v) is 8.50. The number of nitriles is 1. The molecule has 1 aliphatic carbocycles. The number of hydrogen-bond acceptors (Lipinski definition) is 3. The third-order valence-electron chi connectivity index (χ3n) is 4.81. The van der Waals surface area contributed by atoms with E-state index < -0.39 is 11.5 Å². The Hall–Kier alpha value is -0.850. The number of hydrogen-bond donors (Lipinski definition) is 1. The van der Waals surface area contributed by atoms with Gasteiger partial charge in [0.25, 0.3) is 0 Å². The SMILES string of the molecule is CCCC1CCC(C#N)(C(O)c2cc(C)sc2C)CC1. The molecule has 1 aliphatic rings. The maximum atomic E-state index is 10.8. The number of aliphatic hydroxyl groups excluding tert-OH is 1. The van der Waals surface area contributed by atoms with Crippen molar-refractivity contribution < 1.29 is 5.11 Å². The van der Waals surface area contributed by atoms with Crippen molar-refractivity contribution in [2.75, 3.05) is 0 Å². The third-order valence-corrected chi connectivity index (χ3v) is 5.80. The van der Waals surface area contributed by atoms with Crippen LogP contribution in [0.1, 0.15) is 66.9 Å². The van der Waals surface area contributed by atoms with Gasteiger partial charge >= 0.3 is 0 Å². The normalized spacial score (nSPS) is 28.1. The summed E-state index contributed by atoms with van der Waals surface area (Å²) in [5, 5.41) is 20.5. The van der Waals surface area contributed by atoms with Crippen molar-refractivity contribution in [2.24, 2.45) is 11.3 Å². The summed E-state index contributed by atoms with van der Waals surface area (Å²) in [5.74, 6) is 0.749. The van der Waals surface area contributed by atoms with Crippen molar-refractivity contribution in [3.05, 3.63) is 21.4 Å². The van der Waals surface area contributed by atoms with Crippen LogP contribution < -0.4 is 0 Å². The van der Waals surface area contributed by atoms with Crippen molar-refractivity contribution in [3.8, 4) is 6.07 Å². The quantitative estimate of drug-likeness (QED) is 0.857. The molecule has 0 aliphatic heterocycles. The van der Waals surface area contributed by atoms with Crippen LogP contribution in [0.5, 0.6) is 0 Å². The molecule has 0 radical (unpaired) electrons. The predicted octanol–water partition coefficient (Wildman–Crippen LogP) is 4.90. The highest BCUT2D eigenvalue weighted by Gasteiger charge is 2.43. The minimum absolute atomic E-state index is 0.567. The highest BCUT2D eigenvalue weighted by Crippen LogP contribution is 2.49. The zero-order valence-electron chi connectivity index (χ0n) is 12.8. The largest absolute Gasteiger partial charge is 0.387 e. The van der Waals surface area contributed by atoms with Gasteiger partial charge in [-0.05, 0) is 57.1 Å². The predicted molar refractivity (Wildman–Crippen MR) is 83.7 cm³/mol. The second-order valence-corrected chi connectivity index (χ2v) is 7.73. The lowest BCUT2D eigenvalue weighted by molar-refractivity contribution is 0.0235. The van der Waals surface area contributed by atoms with Crippen LogP contribution in [0.25, 0.3) is 0 Å². The number of rotatable bonds is 4. The van der Waals surface area contributed by atoms with Gasteiger partial charge in [-0.2, -0.15) is 5.26 Å². The van der Waals surface area contributed by atoms with E-state index in [9.17, 15) is 10.4 Å². The highest BCUT2D eigenvalue weighted by molar-refractivity contribution is 7.12. The Balaban J connectivity index is 2.16. The molecule has 2 nitrogen and oxygen atoms in total. The van der Waals surface area contributed by atoms with E-state index in [-0.39, 0.29) is 0 Å². The van der Waals surface area contributed by atoms with Crippen LogP contribution in [0.15, 0.2) is 6.07 Å². The van der Waals surface area contributed by atoms with Crippen molar-refractivity contribution in [1.29, 1.82) is 5.26 Å². The van der Waals surface area contributed by atoms with Crippen LogP contribution in [-0.4, -0.2) is 5.11 Å². The molecule has 20 heavy (non-hydrogen) atoms. The van der Waals surface area contributed by atoms with Crippen molar-refractivity contribution in [1.82, 2.24) is 0 Å². The Morgan fingerprint density at radius 3 is 2.55 bits per heavy atom. The summed E-state index contributed by atoms with van der Waals surface area (Å²) in [4.78, 5) is 2.37. The van der Waals surface area contributed by atoms with Crippen molar-refractivity contribution >= 4 is 11.3 Å². The van der Waals surface area contributed by atoms with E-state index in [2.05, 4.69) is 26.0 Å². The van der Waals surface area contributed by atoms with Crippen LogP contribution in [0.4, 0.5) is 0 Å². The van der Waals surface area contributed by atoms with E-state index >= 15 is 0 Å². The second-order valence-electron chi connectivity index (χ2n) is 6.27. The molecule has 1 N–H and O–H groups in total. The molecule has 0 amide bonds. The van der Waals surface area contributed by atoms with E-state index in [0.717, 1.165) is 42.0 Å². The summed E-state index contributed by atoms with van der Waals surface area (Å²) in [7, 11) is 0. The molecule has 1 aromatic rings. The molecular weight excluding hydrogens is 266 g/mol. The zero-order chi connectivity index (χ0) is 14.8. The van der Waals surface area contributed by atoms with E-state index in [1.165, 1.54) is 17.7 Å². The van der Waals surface area contributed by atoms with Gasteiger partial charge in [0, 0.05) is 9.75 Å². The Morgan fingerprint density at radius 2 is 2.10 bits per heavy atom. The molecule has 0 bridgehead atoms. The van der Waals surface area contributed by atoms with Gasteiger partial charge in [0.05, 0.1) is 17.6 Å². The molecule has 0 spiro atoms. The van der Waals surface area contributed by atoms with Crippen molar-refractivity contribution in [2.45, 2.75) is 65.4 Å². The lowest BCUT2D eigenvalue weighted by Gasteiger charge is -2.38. The van der Waals surface area contributed by atoms with Gasteiger partial charge < -0.3 is 5.11 Å². The molecule has 1 unspecified atom stereocenters. The molecule has 110 valence electrons. The minimum Gasteiger partial charge on any atom is -0.387 e. The maximum absolute atomic E-state index is 10.8. The second kappa shape index (κ2) is 6.28. The molecule has 1 fully saturated rings. The standard InChI is InChI=1S/C17H25NOS/c1-4-5-14-6-8-17(11-18,9-7-14)16(19)15-10-12(2)20-13(15)3/h10,14,16,19H,4-9H2,1-3H3. The number of thiophene rings is 1. The molecule has 0 saturated heterocycles. The fourth-order valence-corrected chi connectivity index (χ4v) is 4.51. The Bertz CT molecular complexity index is 492. The van der Waals surface area contributed by atoms with E-state index in [1.54, 1.807) is 11.3 Å². The van der Waals surface area contributed by atoms with E-state index in [4.69, 9.17) is 0 Å². The van der Waals surface area contributed by atoms with Gasteiger partial charge in [0.15, 0.2) is 0 Å². The summed E-state index contributed by atoms with van der Waals surface area (Å²) in [6, 6.07) is 4.53. The molecule has 1 atom stereocenters. The number of aliphatic hydroxyl groups is 1. The maximum Gasteiger partial charge on any atom is 0.0987 e. The van der Waals surface area contributed by atoms with E-state index in [0.29, 0.717) is 0 Å². The van der Waals surface area contributed by atoms with Crippen LogP contribution >= 0.6 is 11.3 Å². The zero-order valence-corrected chi connectivity index (χ0v) is 13.6. The summed E-state index contributed by atoms with van der Waals surface area (Å²) < 4.78 is 0. The van der Waals surface area contributed by atoms with Crippen LogP contribution in [0, 0.1) is 36.5 Å². The fourth-order valence-electron chi connectivity index (χ4n) is 3.56. The van der Waals surface area contributed by atoms with E-state index in [1.807, 2.05) is 6.92 Å². The molecule has 2 rings (SSSR count). The van der Waals surface area contributed by atoms with Crippen molar-refractivity contribution in [3.63, 3.8) is 0 Å². The summed E-state index contributed by atoms with van der Waals surface area (Å²) >= 11 is 1.71. The molecule has 3 heteroatoms. The first-order chi connectivity index (χ1) is 9.52. The molecule has 1 saturated carbocycles. The van der Waals surface area contributed by atoms with Crippen LogP contribution in [0.2, 0.25) is 0 Å². The molecule has 0 aromatic carbocycles. The number of nitrogens with zero attached hydrogens (tertiary/aromatic N) is 1. The Kier molecular flexibility index (Phi) is 4.88. The first-order valence-electron chi connectivity index (χ1n) is 7.68. The highest BCUT2D eigenvalue weighted by atomic mass is 32.1. The lowest BCUT2D eigenvalue weighted by Crippen LogP contribution is -2.32. The van der Waals surface area contributed by atoms with Crippen LogP contribution in [0.3, 0.4) is 0 Å². The summed E-state index contributed by atoms with van der Waals surface area (Å²) in [5.41, 5.74) is 0.408. The topological polar surface area (TPSA) is 44.0 Å². The monoisotopic (exact) mass is 291 g/mol. The lowest BCUT2D eigenvalue weighted by atomic mass is 9.66. The molecule has 1 aromatic heterocycles. The van der Waals surface area contributed by atoms with Crippen LogP contribution in [-0.2, 0) is 0 Å². The third kappa shape index (κ3) is 2.92.